The maximum Gasteiger partial charge on any atom is 0.416 e. The first-order valence-electron chi connectivity index (χ1n) is 8.28. The van der Waals surface area contributed by atoms with Crippen molar-refractivity contribution in [2.45, 2.75) is 25.4 Å². The van der Waals surface area contributed by atoms with Crippen molar-refractivity contribution in [3.8, 4) is 0 Å². The van der Waals surface area contributed by atoms with Crippen LogP contribution in [-0.2, 0) is 38.0 Å². The highest BCUT2D eigenvalue weighted by Crippen LogP contribution is 2.30. The van der Waals surface area contributed by atoms with E-state index in [-0.39, 0.29) is 12.1 Å². The fourth-order valence-corrected chi connectivity index (χ4v) is 4.00. The van der Waals surface area contributed by atoms with Gasteiger partial charge in [-0.25, -0.2) is 8.42 Å². The van der Waals surface area contributed by atoms with E-state index in [2.05, 4.69) is 4.74 Å². The topological polar surface area (TPSA) is 63.7 Å². The van der Waals surface area contributed by atoms with Crippen LogP contribution in [0.15, 0.2) is 48.5 Å². The number of aryl methyl sites for hydroxylation is 1. The number of methoxy groups -OCH3 is 1. The molecule has 152 valence electrons. The van der Waals surface area contributed by atoms with Crippen LogP contribution in [0.5, 0.6) is 0 Å². The molecule has 0 amide bonds. The summed E-state index contributed by atoms with van der Waals surface area (Å²) in [7, 11) is -2.96. The lowest BCUT2D eigenvalue weighted by molar-refractivity contribution is -0.141. The summed E-state index contributed by atoms with van der Waals surface area (Å²) < 4.78 is 69.9. The van der Waals surface area contributed by atoms with Gasteiger partial charge in [-0.05, 0) is 29.7 Å². The molecule has 0 unspecified atom stereocenters. The van der Waals surface area contributed by atoms with Crippen LogP contribution in [-0.4, -0.2) is 32.3 Å². The monoisotopic (exact) mass is 415 g/mol. The molecule has 0 bridgehead atoms. The number of carbonyl (C=O) groups is 1. The smallest absolute Gasteiger partial charge is 0.416 e. The summed E-state index contributed by atoms with van der Waals surface area (Å²) in [6.07, 6.45) is -4.58. The molecule has 5 nitrogen and oxygen atoms in total. The van der Waals surface area contributed by atoms with Crippen LogP contribution in [0.1, 0.15) is 22.3 Å². The molecular formula is C19H20F3NO4S. The number of hydrogen-bond acceptors (Lipinski definition) is 4. The Hall–Kier alpha value is -2.39. The van der Waals surface area contributed by atoms with Gasteiger partial charge in [-0.15, -0.1) is 0 Å². The zero-order valence-corrected chi connectivity index (χ0v) is 16.2. The minimum Gasteiger partial charge on any atom is -0.468 e. The number of carbonyl (C=O) groups excluding carboxylic acids is 1. The van der Waals surface area contributed by atoms with Crippen LogP contribution >= 0.6 is 0 Å². The molecule has 0 atom stereocenters. The first-order chi connectivity index (χ1) is 13.0. The van der Waals surface area contributed by atoms with E-state index in [4.69, 9.17) is 0 Å². The van der Waals surface area contributed by atoms with E-state index < -0.39 is 40.0 Å². The second kappa shape index (κ2) is 8.74. The van der Waals surface area contributed by atoms with E-state index in [0.717, 1.165) is 35.2 Å². The first-order valence-corrected chi connectivity index (χ1v) is 9.89. The van der Waals surface area contributed by atoms with Crippen molar-refractivity contribution in [3.63, 3.8) is 0 Å². The molecule has 0 saturated carbocycles. The number of benzene rings is 2. The zero-order valence-electron chi connectivity index (χ0n) is 15.4. The van der Waals surface area contributed by atoms with Gasteiger partial charge in [-0.1, -0.05) is 42.5 Å². The normalized spacial score (nSPS) is 12.2. The van der Waals surface area contributed by atoms with Gasteiger partial charge in [-0.2, -0.15) is 17.5 Å². The van der Waals surface area contributed by atoms with Gasteiger partial charge in [-0.3, -0.25) is 4.79 Å². The number of sulfonamides is 1. The van der Waals surface area contributed by atoms with E-state index in [1.807, 2.05) is 0 Å². The molecular weight excluding hydrogens is 395 g/mol. The Bertz CT molecular complexity index is 942. The average molecular weight is 415 g/mol. The molecule has 0 spiro atoms. The van der Waals surface area contributed by atoms with Gasteiger partial charge in [0.2, 0.25) is 10.0 Å². The van der Waals surface area contributed by atoms with Gasteiger partial charge in [0.05, 0.1) is 18.4 Å². The van der Waals surface area contributed by atoms with Crippen molar-refractivity contribution in [2.75, 3.05) is 13.7 Å². The summed E-state index contributed by atoms with van der Waals surface area (Å²) in [6, 6.07) is 11.2. The second-order valence-corrected chi connectivity index (χ2v) is 8.19. The molecule has 28 heavy (non-hydrogen) atoms. The summed E-state index contributed by atoms with van der Waals surface area (Å²) in [5.41, 5.74) is 0.554. The van der Waals surface area contributed by atoms with Crippen LogP contribution in [0.3, 0.4) is 0 Å². The van der Waals surface area contributed by atoms with Gasteiger partial charge in [0.15, 0.2) is 0 Å². The predicted octanol–water partition coefficient (Wildman–Crippen LogP) is 3.52. The van der Waals surface area contributed by atoms with Crippen molar-refractivity contribution in [2.24, 2.45) is 0 Å². The van der Waals surface area contributed by atoms with E-state index >= 15 is 0 Å². The lowest BCUT2D eigenvalue weighted by Gasteiger charge is -2.22. The van der Waals surface area contributed by atoms with Crippen LogP contribution in [0.25, 0.3) is 0 Å². The summed E-state index contributed by atoms with van der Waals surface area (Å²) in [5.74, 6) is -1.43. The number of halogens is 3. The SMILES string of the molecule is COC(=O)CN(Cc1ccccc1C)S(=O)(=O)Cc1cccc(C(F)(F)F)c1. The third kappa shape index (κ3) is 5.80. The molecule has 2 aromatic rings. The van der Waals surface area contributed by atoms with Crippen molar-refractivity contribution < 1.29 is 31.1 Å². The fourth-order valence-electron chi connectivity index (χ4n) is 2.58. The van der Waals surface area contributed by atoms with Gasteiger partial charge in [0, 0.05) is 6.54 Å². The summed E-state index contributed by atoms with van der Waals surface area (Å²) in [4.78, 5) is 11.7. The molecule has 0 aromatic heterocycles. The molecule has 0 fully saturated rings. The van der Waals surface area contributed by atoms with E-state index in [0.29, 0.717) is 5.56 Å². The largest absolute Gasteiger partial charge is 0.468 e. The van der Waals surface area contributed by atoms with E-state index in [1.165, 1.54) is 6.07 Å². The minimum atomic E-state index is -4.58. The molecule has 0 N–H and O–H groups in total. The van der Waals surface area contributed by atoms with Gasteiger partial charge >= 0.3 is 12.1 Å². The number of nitrogens with zero attached hydrogens (tertiary/aromatic N) is 1. The molecule has 0 radical (unpaired) electrons. The van der Waals surface area contributed by atoms with Gasteiger partial charge in [0.1, 0.15) is 6.54 Å². The molecule has 2 rings (SSSR count). The predicted molar refractivity (Wildman–Crippen MR) is 97.7 cm³/mol. The molecule has 0 aliphatic carbocycles. The lowest BCUT2D eigenvalue weighted by atomic mass is 10.1. The lowest BCUT2D eigenvalue weighted by Crippen LogP contribution is -2.36. The Kier molecular flexibility index (Phi) is 6.84. The van der Waals surface area contributed by atoms with Crippen molar-refractivity contribution >= 4 is 16.0 Å². The van der Waals surface area contributed by atoms with Crippen LogP contribution in [0, 0.1) is 6.92 Å². The van der Waals surface area contributed by atoms with E-state index in [1.54, 1.807) is 31.2 Å². The third-order valence-corrected chi connectivity index (χ3v) is 5.88. The molecule has 2 aromatic carbocycles. The number of hydrogen-bond donors (Lipinski definition) is 0. The molecule has 9 heteroatoms. The Morgan fingerprint density at radius 1 is 1.11 bits per heavy atom. The Morgan fingerprint density at radius 2 is 1.79 bits per heavy atom. The van der Waals surface area contributed by atoms with Crippen LogP contribution in [0.4, 0.5) is 13.2 Å². The molecule has 0 aliphatic rings. The highest BCUT2D eigenvalue weighted by molar-refractivity contribution is 7.88. The summed E-state index contributed by atoms with van der Waals surface area (Å²) >= 11 is 0. The number of ether oxygens (including phenoxy) is 1. The van der Waals surface area contributed by atoms with Crippen molar-refractivity contribution in [1.29, 1.82) is 0 Å². The Balaban J connectivity index is 2.33. The average Bonchev–Trinajstić information content (AvgIpc) is 2.61. The highest BCUT2D eigenvalue weighted by atomic mass is 32.2. The fraction of sp³-hybridized carbons (Fsp3) is 0.316. The maximum absolute atomic E-state index is 12.9. The van der Waals surface area contributed by atoms with Crippen LogP contribution in [0.2, 0.25) is 0 Å². The highest BCUT2D eigenvalue weighted by Gasteiger charge is 2.31. The molecule has 0 aliphatic heterocycles. The molecule has 0 saturated heterocycles. The van der Waals surface area contributed by atoms with E-state index in [9.17, 15) is 26.4 Å². The van der Waals surface area contributed by atoms with Crippen molar-refractivity contribution in [1.82, 2.24) is 4.31 Å². The summed E-state index contributed by atoms with van der Waals surface area (Å²) in [6.45, 7) is 1.17. The standard InChI is InChI=1S/C19H20F3NO4S/c1-14-6-3-4-8-16(14)11-23(12-18(24)27-2)28(25,26)13-15-7-5-9-17(10-15)19(20,21)22/h3-10H,11-13H2,1-2H3. The van der Waals surface area contributed by atoms with Crippen molar-refractivity contribution in [3.05, 3.63) is 70.8 Å². The second-order valence-electron chi connectivity index (χ2n) is 6.23. The number of rotatable bonds is 7. The Labute approximate surface area is 161 Å². The van der Waals surface area contributed by atoms with Gasteiger partial charge < -0.3 is 4.74 Å². The van der Waals surface area contributed by atoms with Crippen LogP contribution < -0.4 is 0 Å². The summed E-state index contributed by atoms with van der Waals surface area (Å²) in [5, 5.41) is 0. The third-order valence-electron chi connectivity index (χ3n) is 4.14. The quantitative estimate of drug-likeness (QED) is 0.649. The minimum absolute atomic E-state index is 0.0190. The maximum atomic E-state index is 12.9. The first kappa shape index (κ1) is 21.9. The molecule has 0 heterocycles. The number of esters is 1. The number of alkyl halides is 3. The Morgan fingerprint density at radius 3 is 2.39 bits per heavy atom. The van der Waals surface area contributed by atoms with Gasteiger partial charge in [0.25, 0.3) is 0 Å². The zero-order chi connectivity index (χ0) is 20.9.